The number of piperidine rings is 1. The highest BCUT2D eigenvalue weighted by atomic mass is 16.5. The minimum absolute atomic E-state index is 0.124. The second kappa shape index (κ2) is 6.02. The van der Waals surface area contributed by atoms with Crippen molar-refractivity contribution in [2.75, 3.05) is 24.6 Å². The quantitative estimate of drug-likeness (QED) is 0.655. The van der Waals surface area contributed by atoms with Crippen LogP contribution in [0.15, 0.2) is 6.07 Å². The highest BCUT2D eigenvalue weighted by Gasteiger charge is 2.25. The lowest BCUT2D eigenvalue weighted by Gasteiger charge is -2.33. The van der Waals surface area contributed by atoms with E-state index < -0.39 is 0 Å². The molecule has 0 spiro atoms. The predicted molar refractivity (Wildman–Crippen MR) is 84.1 cm³/mol. The third-order valence-corrected chi connectivity index (χ3v) is 4.46. The lowest BCUT2D eigenvalue weighted by Crippen LogP contribution is -2.38. The number of amidine groups is 1. The molecule has 1 fully saturated rings. The molecule has 1 aliphatic heterocycles. The van der Waals surface area contributed by atoms with Crippen LogP contribution in [0.4, 0.5) is 5.82 Å². The van der Waals surface area contributed by atoms with Crippen molar-refractivity contribution in [2.24, 2.45) is 5.73 Å². The predicted octanol–water partition coefficient (Wildman–Crippen LogP) is 1.86. The number of nitrogens with two attached hydrogens (primary N) is 1. The minimum Gasteiger partial charge on any atom is -0.384 e. The van der Waals surface area contributed by atoms with Crippen LogP contribution in [0.25, 0.3) is 0 Å². The van der Waals surface area contributed by atoms with Gasteiger partial charge < -0.3 is 15.4 Å². The summed E-state index contributed by atoms with van der Waals surface area (Å²) >= 11 is 0. The van der Waals surface area contributed by atoms with Crippen molar-refractivity contribution < 1.29 is 4.74 Å². The zero-order valence-electron chi connectivity index (χ0n) is 12.7. The number of hydrogen-bond donors (Lipinski definition) is 2. The van der Waals surface area contributed by atoms with E-state index in [1.165, 1.54) is 11.3 Å². The number of hydrogen-bond acceptors (Lipinski definition) is 4. The van der Waals surface area contributed by atoms with Crippen LogP contribution in [-0.2, 0) is 17.6 Å². The van der Waals surface area contributed by atoms with E-state index >= 15 is 0 Å². The van der Waals surface area contributed by atoms with Gasteiger partial charge in [-0.15, -0.1) is 0 Å². The number of anilines is 1. The highest BCUT2D eigenvalue weighted by Crippen LogP contribution is 2.29. The summed E-state index contributed by atoms with van der Waals surface area (Å²) < 4.78 is 5.70. The van der Waals surface area contributed by atoms with Crippen molar-refractivity contribution in [1.82, 2.24) is 4.98 Å². The fraction of sp³-hybridized carbons (Fsp3) is 0.625. The van der Waals surface area contributed by atoms with E-state index in [2.05, 4.69) is 11.0 Å². The maximum Gasteiger partial charge on any atom is 0.139 e. The molecule has 2 aliphatic rings. The molecule has 0 saturated carbocycles. The molecule has 3 N–H and O–H groups in total. The molecule has 0 bridgehead atoms. The highest BCUT2D eigenvalue weighted by molar-refractivity contribution is 6.00. The number of nitrogens with zero attached hydrogens (tertiary/aromatic N) is 2. The molecular formula is C16H24N4O. The third-order valence-electron chi connectivity index (χ3n) is 4.46. The minimum atomic E-state index is 0.124. The molecular weight excluding hydrogens is 264 g/mol. The van der Waals surface area contributed by atoms with E-state index in [9.17, 15) is 0 Å². The maximum absolute atomic E-state index is 7.85. The number of nitrogens with one attached hydrogen (secondary N) is 1. The first kappa shape index (κ1) is 14.3. The van der Waals surface area contributed by atoms with Crippen molar-refractivity contribution >= 4 is 11.7 Å². The number of fused-ring (bicyclic) bond motifs is 1. The first-order valence-corrected chi connectivity index (χ1v) is 7.92. The summed E-state index contributed by atoms with van der Waals surface area (Å²) in [6.07, 6.45) is 5.68. The smallest absolute Gasteiger partial charge is 0.139 e. The summed E-state index contributed by atoms with van der Waals surface area (Å²) in [5, 5.41) is 7.85. The van der Waals surface area contributed by atoms with Gasteiger partial charge in [-0.2, -0.15) is 0 Å². The van der Waals surface area contributed by atoms with Gasteiger partial charge in [0.1, 0.15) is 11.7 Å². The molecule has 5 heteroatoms. The van der Waals surface area contributed by atoms with Crippen LogP contribution in [0.1, 0.15) is 43.0 Å². The van der Waals surface area contributed by atoms with Crippen molar-refractivity contribution in [2.45, 2.75) is 45.1 Å². The number of nitrogen functional groups attached to an aromatic ring is 1. The molecule has 0 atom stereocenters. The summed E-state index contributed by atoms with van der Waals surface area (Å²) in [5.41, 5.74) is 9.05. The normalized spacial score (nSPS) is 18.8. The standard InChI is InChI=1S/C16H24N4O/c1-2-21-12-6-8-20(9-7-12)16-13(15(17)18)10-11-4-3-5-14(11)19-16/h10,12H,2-9H2,1H3,(H3,17,18). The van der Waals surface area contributed by atoms with E-state index in [0.29, 0.717) is 6.10 Å². The van der Waals surface area contributed by atoms with Crippen LogP contribution in [-0.4, -0.2) is 36.6 Å². The molecule has 0 radical (unpaired) electrons. The number of aromatic nitrogens is 1. The molecule has 0 amide bonds. The fourth-order valence-electron chi connectivity index (χ4n) is 3.37. The van der Waals surface area contributed by atoms with E-state index in [-0.39, 0.29) is 5.84 Å². The Bertz CT molecular complexity index is 535. The monoisotopic (exact) mass is 288 g/mol. The molecule has 5 nitrogen and oxygen atoms in total. The van der Waals surface area contributed by atoms with Gasteiger partial charge in [-0.1, -0.05) is 0 Å². The second-order valence-electron chi connectivity index (χ2n) is 5.87. The Morgan fingerprint density at radius 1 is 1.43 bits per heavy atom. The van der Waals surface area contributed by atoms with Gasteiger partial charge in [0.2, 0.25) is 0 Å². The van der Waals surface area contributed by atoms with Gasteiger partial charge in [0.05, 0.1) is 11.7 Å². The average Bonchev–Trinajstić information content (AvgIpc) is 2.94. The van der Waals surface area contributed by atoms with Gasteiger partial charge >= 0.3 is 0 Å². The second-order valence-corrected chi connectivity index (χ2v) is 5.87. The molecule has 1 aliphatic carbocycles. The van der Waals surface area contributed by atoms with E-state index in [0.717, 1.165) is 63.2 Å². The van der Waals surface area contributed by atoms with Gasteiger partial charge in [-0.3, -0.25) is 5.41 Å². The Kier molecular flexibility index (Phi) is 4.10. The van der Waals surface area contributed by atoms with Crippen LogP contribution in [0.5, 0.6) is 0 Å². The summed E-state index contributed by atoms with van der Waals surface area (Å²) in [7, 11) is 0. The van der Waals surface area contributed by atoms with Crippen LogP contribution in [0.3, 0.4) is 0 Å². The van der Waals surface area contributed by atoms with E-state index in [1.807, 2.05) is 6.92 Å². The van der Waals surface area contributed by atoms with Crippen molar-refractivity contribution in [3.63, 3.8) is 0 Å². The summed E-state index contributed by atoms with van der Waals surface area (Å²) in [6, 6.07) is 2.08. The van der Waals surface area contributed by atoms with Gasteiger partial charge in [0.15, 0.2) is 0 Å². The van der Waals surface area contributed by atoms with Crippen molar-refractivity contribution in [1.29, 1.82) is 5.41 Å². The molecule has 1 saturated heterocycles. The van der Waals surface area contributed by atoms with Gasteiger partial charge in [0, 0.05) is 25.4 Å². The molecule has 2 heterocycles. The summed E-state index contributed by atoms with van der Waals surface area (Å²) in [4.78, 5) is 7.10. The van der Waals surface area contributed by atoms with Crippen molar-refractivity contribution in [3.8, 4) is 0 Å². The largest absolute Gasteiger partial charge is 0.384 e. The summed E-state index contributed by atoms with van der Waals surface area (Å²) in [6.45, 7) is 4.68. The number of aryl methyl sites for hydroxylation is 2. The first-order valence-electron chi connectivity index (χ1n) is 7.92. The zero-order chi connectivity index (χ0) is 14.8. The Morgan fingerprint density at radius 2 is 2.19 bits per heavy atom. The zero-order valence-corrected chi connectivity index (χ0v) is 12.7. The Morgan fingerprint density at radius 3 is 2.86 bits per heavy atom. The van der Waals surface area contributed by atoms with Gasteiger partial charge in [-0.05, 0) is 50.7 Å². The Balaban J connectivity index is 1.83. The average molecular weight is 288 g/mol. The van der Waals surface area contributed by atoms with Crippen LogP contribution in [0, 0.1) is 5.41 Å². The van der Waals surface area contributed by atoms with Crippen molar-refractivity contribution in [3.05, 3.63) is 22.9 Å². The molecule has 0 aromatic carbocycles. The molecule has 1 aromatic rings. The van der Waals surface area contributed by atoms with Crippen LogP contribution in [0.2, 0.25) is 0 Å². The maximum atomic E-state index is 7.85. The molecule has 0 unspecified atom stereocenters. The molecule has 21 heavy (non-hydrogen) atoms. The third kappa shape index (κ3) is 2.88. The molecule has 114 valence electrons. The lowest BCUT2D eigenvalue weighted by atomic mass is 10.1. The lowest BCUT2D eigenvalue weighted by molar-refractivity contribution is 0.0458. The number of pyridine rings is 1. The number of rotatable bonds is 4. The molecule has 1 aromatic heterocycles. The Hall–Kier alpha value is -1.62. The SMILES string of the molecule is CCOC1CCN(c2nc3c(cc2C(=N)N)CCC3)CC1. The molecule has 3 rings (SSSR count). The van der Waals surface area contributed by atoms with E-state index in [1.54, 1.807) is 0 Å². The fourth-order valence-corrected chi connectivity index (χ4v) is 3.37. The number of ether oxygens (including phenoxy) is 1. The summed E-state index contributed by atoms with van der Waals surface area (Å²) in [5.74, 6) is 1.03. The van der Waals surface area contributed by atoms with E-state index in [4.69, 9.17) is 20.9 Å². The topological polar surface area (TPSA) is 75.2 Å². The van der Waals surface area contributed by atoms with Crippen LogP contribution >= 0.6 is 0 Å². The Labute approximate surface area is 126 Å². The van der Waals surface area contributed by atoms with Gasteiger partial charge in [-0.25, -0.2) is 4.98 Å². The van der Waals surface area contributed by atoms with Crippen LogP contribution < -0.4 is 10.6 Å². The van der Waals surface area contributed by atoms with Gasteiger partial charge in [0.25, 0.3) is 0 Å². The first-order chi connectivity index (χ1) is 10.2.